The highest BCUT2D eigenvalue weighted by molar-refractivity contribution is 6.32. The van der Waals surface area contributed by atoms with Crippen LogP contribution < -0.4 is 25.3 Å². The zero-order chi connectivity index (χ0) is 21.1. The predicted octanol–water partition coefficient (Wildman–Crippen LogP) is 4.65. The molecule has 160 valence electrons. The standard InChI is InChI=1S/C24H29ClN2O3/c1-28-21-4-3-18(13-23(21)29-2)24(15-26)8-5-19(6-9-24)30-22-12-16-7-10-27-14-17(16)11-20(22)25/h3-4,7,10-13,19,27H,5-6,8-9,14-15,26H2,1-2H3. The van der Waals surface area contributed by atoms with Crippen molar-refractivity contribution in [1.29, 1.82) is 0 Å². The molecular weight excluding hydrogens is 400 g/mol. The Morgan fingerprint density at radius 2 is 1.83 bits per heavy atom. The fraction of sp³-hybridized carbons (Fsp3) is 0.417. The summed E-state index contributed by atoms with van der Waals surface area (Å²) in [4.78, 5) is 0. The molecule has 4 rings (SSSR count). The van der Waals surface area contributed by atoms with Gasteiger partial charge in [0.25, 0.3) is 0 Å². The second-order valence-corrected chi connectivity index (χ2v) is 8.47. The molecule has 0 atom stereocenters. The van der Waals surface area contributed by atoms with E-state index in [-0.39, 0.29) is 11.5 Å². The van der Waals surface area contributed by atoms with E-state index in [0.29, 0.717) is 11.6 Å². The molecule has 2 aromatic carbocycles. The van der Waals surface area contributed by atoms with E-state index in [1.165, 1.54) is 11.1 Å². The molecule has 0 amide bonds. The van der Waals surface area contributed by atoms with Gasteiger partial charge >= 0.3 is 0 Å². The van der Waals surface area contributed by atoms with Crippen molar-refractivity contribution >= 4 is 17.7 Å². The summed E-state index contributed by atoms with van der Waals surface area (Å²) in [5, 5.41) is 3.87. The first-order valence-corrected chi connectivity index (χ1v) is 10.8. The molecule has 30 heavy (non-hydrogen) atoms. The number of methoxy groups -OCH3 is 2. The number of rotatable bonds is 6. The third-order valence-corrected chi connectivity index (χ3v) is 6.73. The predicted molar refractivity (Wildman–Crippen MR) is 120 cm³/mol. The van der Waals surface area contributed by atoms with Crippen molar-refractivity contribution in [2.45, 2.75) is 43.7 Å². The molecule has 0 bridgehead atoms. The average molecular weight is 429 g/mol. The smallest absolute Gasteiger partial charge is 0.161 e. The lowest BCUT2D eigenvalue weighted by molar-refractivity contribution is 0.118. The molecule has 2 aliphatic rings. The largest absolute Gasteiger partial charge is 0.493 e. The topological polar surface area (TPSA) is 65.7 Å². The quantitative estimate of drug-likeness (QED) is 0.701. The SMILES string of the molecule is COc1ccc(C2(CN)CCC(Oc3cc4c(cc3Cl)CNC=C4)CC2)cc1OC. The first-order chi connectivity index (χ1) is 14.6. The van der Waals surface area contributed by atoms with Crippen LogP contribution in [0.3, 0.4) is 0 Å². The normalized spacial score (nSPS) is 22.7. The fourth-order valence-corrected chi connectivity index (χ4v) is 4.78. The Kier molecular flexibility index (Phi) is 6.11. The first-order valence-electron chi connectivity index (χ1n) is 10.4. The molecule has 3 N–H and O–H groups in total. The lowest BCUT2D eigenvalue weighted by Crippen LogP contribution is -2.41. The van der Waals surface area contributed by atoms with E-state index in [1.807, 2.05) is 24.4 Å². The van der Waals surface area contributed by atoms with E-state index < -0.39 is 0 Å². The summed E-state index contributed by atoms with van der Waals surface area (Å²) in [6, 6.07) is 10.2. The molecule has 1 aliphatic heterocycles. The highest BCUT2D eigenvalue weighted by atomic mass is 35.5. The van der Waals surface area contributed by atoms with Gasteiger partial charge in [0.1, 0.15) is 5.75 Å². The summed E-state index contributed by atoms with van der Waals surface area (Å²) in [7, 11) is 3.31. The summed E-state index contributed by atoms with van der Waals surface area (Å²) < 4.78 is 17.2. The first kappa shape index (κ1) is 20.9. The molecule has 0 radical (unpaired) electrons. The van der Waals surface area contributed by atoms with Gasteiger partial charge in [-0.2, -0.15) is 0 Å². The van der Waals surface area contributed by atoms with E-state index in [1.54, 1.807) is 14.2 Å². The second kappa shape index (κ2) is 8.78. The minimum atomic E-state index is -0.0759. The Morgan fingerprint density at radius 1 is 1.07 bits per heavy atom. The van der Waals surface area contributed by atoms with Crippen LogP contribution in [-0.2, 0) is 12.0 Å². The second-order valence-electron chi connectivity index (χ2n) is 8.07. The Balaban J connectivity index is 1.48. The monoisotopic (exact) mass is 428 g/mol. The third-order valence-electron chi connectivity index (χ3n) is 6.44. The van der Waals surface area contributed by atoms with Gasteiger partial charge < -0.3 is 25.3 Å². The zero-order valence-corrected chi connectivity index (χ0v) is 18.3. The van der Waals surface area contributed by atoms with Crippen molar-refractivity contribution in [2.24, 2.45) is 5.73 Å². The number of ether oxygens (including phenoxy) is 3. The molecule has 1 aliphatic carbocycles. The Hall–Kier alpha value is -2.37. The van der Waals surface area contributed by atoms with E-state index in [2.05, 4.69) is 23.5 Å². The van der Waals surface area contributed by atoms with Gasteiger partial charge in [0, 0.05) is 18.5 Å². The van der Waals surface area contributed by atoms with Crippen LogP contribution in [0, 0.1) is 0 Å². The van der Waals surface area contributed by atoms with Crippen LogP contribution in [0.4, 0.5) is 0 Å². The molecule has 0 unspecified atom stereocenters. The summed E-state index contributed by atoms with van der Waals surface area (Å²) >= 11 is 6.50. The molecule has 1 fully saturated rings. The van der Waals surface area contributed by atoms with Crippen molar-refractivity contribution < 1.29 is 14.2 Å². The van der Waals surface area contributed by atoms with E-state index >= 15 is 0 Å². The summed E-state index contributed by atoms with van der Waals surface area (Å²) in [5.41, 5.74) is 9.75. The number of nitrogens with one attached hydrogen (secondary N) is 1. The van der Waals surface area contributed by atoms with Crippen LogP contribution in [0.25, 0.3) is 6.08 Å². The van der Waals surface area contributed by atoms with Crippen molar-refractivity contribution in [3.8, 4) is 17.2 Å². The van der Waals surface area contributed by atoms with Crippen LogP contribution in [-0.4, -0.2) is 26.9 Å². The molecule has 1 saturated carbocycles. The van der Waals surface area contributed by atoms with Crippen molar-refractivity contribution in [1.82, 2.24) is 5.32 Å². The minimum Gasteiger partial charge on any atom is -0.493 e. The number of nitrogens with two attached hydrogens (primary N) is 1. The van der Waals surface area contributed by atoms with Crippen LogP contribution in [0.1, 0.15) is 42.4 Å². The number of hydrogen-bond acceptors (Lipinski definition) is 5. The lowest BCUT2D eigenvalue weighted by Gasteiger charge is -2.40. The molecule has 5 nitrogen and oxygen atoms in total. The molecular formula is C24H29ClN2O3. The zero-order valence-electron chi connectivity index (χ0n) is 17.5. The number of halogens is 1. The van der Waals surface area contributed by atoms with Crippen molar-refractivity contribution in [3.63, 3.8) is 0 Å². The minimum absolute atomic E-state index is 0.0759. The Bertz CT molecular complexity index is 936. The van der Waals surface area contributed by atoms with Crippen LogP contribution in [0.2, 0.25) is 5.02 Å². The maximum Gasteiger partial charge on any atom is 0.161 e. The van der Waals surface area contributed by atoms with Gasteiger partial charge in [-0.1, -0.05) is 17.7 Å². The van der Waals surface area contributed by atoms with Gasteiger partial charge in [0.15, 0.2) is 11.5 Å². The molecule has 0 aromatic heterocycles. The van der Waals surface area contributed by atoms with Gasteiger partial charge in [-0.15, -0.1) is 0 Å². The maximum atomic E-state index is 6.50. The highest BCUT2D eigenvalue weighted by Crippen LogP contribution is 2.43. The third kappa shape index (κ3) is 3.96. The highest BCUT2D eigenvalue weighted by Gasteiger charge is 2.37. The molecule has 1 heterocycles. The summed E-state index contributed by atoms with van der Waals surface area (Å²) in [6.07, 6.45) is 7.91. The van der Waals surface area contributed by atoms with Crippen molar-refractivity contribution in [2.75, 3.05) is 20.8 Å². The molecule has 0 spiro atoms. The van der Waals surface area contributed by atoms with E-state index in [9.17, 15) is 0 Å². The molecule has 6 heteroatoms. The Labute approximate surface area is 183 Å². The van der Waals surface area contributed by atoms with Gasteiger partial charge in [0.2, 0.25) is 0 Å². The lowest BCUT2D eigenvalue weighted by atomic mass is 9.68. The van der Waals surface area contributed by atoms with Gasteiger partial charge in [-0.05, 0) is 78.9 Å². The average Bonchev–Trinajstić information content (AvgIpc) is 2.79. The number of benzene rings is 2. The Morgan fingerprint density at radius 3 is 2.53 bits per heavy atom. The molecule has 2 aromatic rings. The van der Waals surface area contributed by atoms with Gasteiger partial charge in [-0.3, -0.25) is 0 Å². The summed E-state index contributed by atoms with van der Waals surface area (Å²) in [6.45, 7) is 1.38. The molecule has 0 saturated heterocycles. The fourth-order valence-electron chi connectivity index (χ4n) is 4.54. The number of fused-ring (bicyclic) bond motifs is 1. The number of hydrogen-bond donors (Lipinski definition) is 2. The van der Waals surface area contributed by atoms with Crippen LogP contribution in [0.15, 0.2) is 36.5 Å². The van der Waals surface area contributed by atoms with Gasteiger partial charge in [-0.25, -0.2) is 0 Å². The van der Waals surface area contributed by atoms with Crippen molar-refractivity contribution in [3.05, 3.63) is 58.2 Å². The van der Waals surface area contributed by atoms with E-state index in [0.717, 1.165) is 55.0 Å². The van der Waals surface area contributed by atoms with Gasteiger partial charge in [0.05, 0.1) is 25.3 Å². The van der Waals surface area contributed by atoms with Crippen LogP contribution >= 0.6 is 11.6 Å². The summed E-state index contributed by atoms with van der Waals surface area (Å²) in [5.74, 6) is 2.24. The van der Waals surface area contributed by atoms with E-state index in [4.69, 9.17) is 31.5 Å². The van der Waals surface area contributed by atoms with Crippen LogP contribution in [0.5, 0.6) is 17.2 Å². The maximum absolute atomic E-state index is 6.50.